The minimum absolute atomic E-state index is 0.550. The van der Waals surface area contributed by atoms with Gasteiger partial charge < -0.3 is 18.8 Å². The molecule has 1 heterocycles. The summed E-state index contributed by atoms with van der Waals surface area (Å²) < 4.78 is 18.3. The lowest BCUT2D eigenvalue weighted by atomic mass is 10.1. The molecule has 3 aromatic rings. The second-order valence-corrected chi connectivity index (χ2v) is 7.15. The van der Waals surface area contributed by atoms with Crippen molar-refractivity contribution in [3.8, 4) is 28.5 Å². The van der Waals surface area contributed by atoms with Crippen LogP contribution in [-0.2, 0) is 6.54 Å². The van der Waals surface area contributed by atoms with Crippen molar-refractivity contribution in [1.82, 2.24) is 4.57 Å². The molecule has 0 unspecified atom stereocenters. The molecule has 29 heavy (non-hydrogen) atoms. The number of methoxy groups -OCH3 is 3. The van der Waals surface area contributed by atoms with E-state index < -0.39 is 0 Å². The number of aryl methyl sites for hydroxylation is 1. The SMILES string of the molecule is CCn1c(-c2ccc(C)cc2)cs/c1=N\N=C/c1cc(OC)c(OC)c(OC)c1. The minimum Gasteiger partial charge on any atom is -0.493 e. The zero-order valence-corrected chi connectivity index (χ0v) is 18.1. The van der Waals surface area contributed by atoms with Crippen molar-refractivity contribution in [2.45, 2.75) is 20.4 Å². The highest BCUT2D eigenvalue weighted by Crippen LogP contribution is 2.37. The monoisotopic (exact) mass is 411 g/mol. The Kier molecular flexibility index (Phi) is 6.72. The van der Waals surface area contributed by atoms with Gasteiger partial charge in [0.25, 0.3) is 0 Å². The molecule has 1 aromatic heterocycles. The van der Waals surface area contributed by atoms with Crippen LogP contribution in [0.3, 0.4) is 0 Å². The molecule has 0 spiro atoms. The first-order valence-corrected chi connectivity index (χ1v) is 10.1. The van der Waals surface area contributed by atoms with Gasteiger partial charge in [-0.3, -0.25) is 0 Å². The highest BCUT2D eigenvalue weighted by Gasteiger charge is 2.12. The number of benzene rings is 2. The molecule has 0 aliphatic carbocycles. The van der Waals surface area contributed by atoms with Crippen molar-refractivity contribution in [2.24, 2.45) is 10.2 Å². The number of aromatic nitrogens is 1. The molecule has 0 aliphatic heterocycles. The lowest BCUT2D eigenvalue weighted by molar-refractivity contribution is 0.324. The fraction of sp³-hybridized carbons (Fsp3) is 0.273. The van der Waals surface area contributed by atoms with Crippen molar-refractivity contribution in [1.29, 1.82) is 0 Å². The van der Waals surface area contributed by atoms with E-state index in [4.69, 9.17) is 14.2 Å². The van der Waals surface area contributed by atoms with E-state index in [2.05, 4.69) is 58.3 Å². The van der Waals surface area contributed by atoms with Crippen molar-refractivity contribution in [3.63, 3.8) is 0 Å². The van der Waals surface area contributed by atoms with Gasteiger partial charge in [0, 0.05) is 17.5 Å². The molecule has 0 fully saturated rings. The third kappa shape index (κ3) is 4.51. The zero-order chi connectivity index (χ0) is 20.8. The number of ether oxygens (including phenoxy) is 3. The third-order valence-electron chi connectivity index (χ3n) is 4.50. The van der Waals surface area contributed by atoms with E-state index >= 15 is 0 Å². The maximum Gasteiger partial charge on any atom is 0.211 e. The highest BCUT2D eigenvalue weighted by molar-refractivity contribution is 7.07. The Balaban J connectivity index is 1.94. The molecule has 0 radical (unpaired) electrons. The van der Waals surface area contributed by atoms with Crippen LogP contribution >= 0.6 is 11.3 Å². The molecule has 0 saturated heterocycles. The molecule has 0 bridgehead atoms. The van der Waals surface area contributed by atoms with Gasteiger partial charge in [0.2, 0.25) is 10.6 Å². The van der Waals surface area contributed by atoms with Crippen LogP contribution in [0.15, 0.2) is 52.0 Å². The zero-order valence-electron chi connectivity index (χ0n) is 17.3. The second kappa shape index (κ2) is 9.43. The van der Waals surface area contributed by atoms with Crippen molar-refractivity contribution < 1.29 is 14.2 Å². The van der Waals surface area contributed by atoms with Crippen molar-refractivity contribution in [2.75, 3.05) is 21.3 Å². The first-order valence-electron chi connectivity index (χ1n) is 9.23. The van der Waals surface area contributed by atoms with Gasteiger partial charge in [0.05, 0.1) is 33.2 Å². The Bertz CT molecular complexity index is 1040. The molecular weight excluding hydrogens is 386 g/mol. The van der Waals surface area contributed by atoms with E-state index in [-0.39, 0.29) is 0 Å². The summed E-state index contributed by atoms with van der Waals surface area (Å²) in [5.74, 6) is 1.71. The summed E-state index contributed by atoms with van der Waals surface area (Å²) in [4.78, 5) is 0.840. The van der Waals surface area contributed by atoms with Crippen LogP contribution in [0.2, 0.25) is 0 Å². The van der Waals surface area contributed by atoms with Gasteiger partial charge in [-0.1, -0.05) is 29.8 Å². The largest absolute Gasteiger partial charge is 0.493 e. The maximum absolute atomic E-state index is 5.38. The van der Waals surface area contributed by atoms with Crippen LogP contribution in [0.1, 0.15) is 18.1 Å². The van der Waals surface area contributed by atoms with Gasteiger partial charge in [-0.05, 0) is 31.5 Å². The summed E-state index contributed by atoms with van der Waals surface area (Å²) in [5.41, 5.74) is 4.36. The van der Waals surface area contributed by atoms with E-state index in [9.17, 15) is 0 Å². The van der Waals surface area contributed by atoms with Gasteiger partial charge in [0.15, 0.2) is 11.5 Å². The highest BCUT2D eigenvalue weighted by atomic mass is 32.1. The van der Waals surface area contributed by atoms with Crippen molar-refractivity contribution in [3.05, 3.63) is 57.7 Å². The van der Waals surface area contributed by atoms with E-state index in [1.807, 2.05) is 12.1 Å². The van der Waals surface area contributed by atoms with Crippen LogP contribution in [0.25, 0.3) is 11.3 Å². The lowest BCUT2D eigenvalue weighted by Crippen LogP contribution is -2.14. The summed E-state index contributed by atoms with van der Waals surface area (Å²) in [7, 11) is 4.76. The summed E-state index contributed by atoms with van der Waals surface area (Å²) in [6.45, 7) is 5.00. The Labute approximate surface area is 174 Å². The number of nitrogens with zero attached hydrogens (tertiary/aromatic N) is 3. The summed E-state index contributed by atoms with van der Waals surface area (Å²) >= 11 is 1.57. The normalized spacial score (nSPS) is 11.8. The molecule has 152 valence electrons. The summed E-state index contributed by atoms with van der Waals surface area (Å²) in [6, 6.07) is 12.2. The number of hydrogen-bond acceptors (Lipinski definition) is 6. The van der Waals surface area contributed by atoms with Crippen LogP contribution in [0.4, 0.5) is 0 Å². The van der Waals surface area contributed by atoms with E-state index in [1.54, 1.807) is 38.9 Å². The first kappa shape index (κ1) is 20.7. The number of thiazole rings is 1. The lowest BCUT2D eigenvalue weighted by Gasteiger charge is -2.12. The molecule has 0 atom stereocenters. The van der Waals surface area contributed by atoms with Gasteiger partial charge in [-0.2, -0.15) is 5.10 Å². The van der Waals surface area contributed by atoms with Crippen molar-refractivity contribution >= 4 is 17.6 Å². The first-order chi connectivity index (χ1) is 14.1. The fourth-order valence-electron chi connectivity index (χ4n) is 2.99. The summed E-state index contributed by atoms with van der Waals surface area (Å²) in [6.07, 6.45) is 1.68. The molecule has 0 saturated carbocycles. The molecule has 0 aliphatic rings. The Hall–Kier alpha value is -3.06. The average molecular weight is 412 g/mol. The Morgan fingerprint density at radius 3 is 2.21 bits per heavy atom. The molecule has 7 heteroatoms. The predicted octanol–water partition coefficient (Wildman–Crippen LogP) is 4.51. The smallest absolute Gasteiger partial charge is 0.211 e. The van der Waals surface area contributed by atoms with E-state index in [0.29, 0.717) is 17.2 Å². The van der Waals surface area contributed by atoms with Crippen LogP contribution < -0.4 is 19.0 Å². The number of hydrogen-bond donors (Lipinski definition) is 0. The van der Waals surface area contributed by atoms with Crippen LogP contribution in [0, 0.1) is 6.92 Å². The summed E-state index contributed by atoms with van der Waals surface area (Å²) in [5, 5.41) is 10.8. The molecule has 6 nitrogen and oxygen atoms in total. The van der Waals surface area contributed by atoms with Crippen LogP contribution in [-0.4, -0.2) is 32.1 Å². The van der Waals surface area contributed by atoms with Crippen LogP contribution in [0.5, 0.6) is 17.2 Å². The average Bonchev–Trinajstić information content (AvgIpc) is 3.16. The standard InChI is InChI=1S/C22H25N3O3S/c1-6-25-18(17-9-7-15(2)8-10-17)14-29-22(25)24-23-13-16-11-19(26-3)21(28-5)20(12-16)27-4/h7-14H,6H2,1-5H3/b23-13-,24-22-. The predicted molar refractivity (Wildman–Crippen MR) is 117 cm³/mol. The Morgan fingerprint density at radius 1 is 1.00 bits per heavy atom. The maximum atomic E-state index is 5.38. The fourth-order valence-corrected chi connectivity index (χ4v) is 3.92. The van der Waals surface area contributed by atoms with Gasteiger partial charge in [0.1, 0.15) is 0 Å². The van der Waals surface area contributed by atoms with Gasteiger partial charge in [-0.25, -0.2) is 0 Å². The molecule has 0 N–H and O–H groups in total. The Morgan fingerprint density at radius 2 is 1.66 bits per heavy atom. The molecular formula is C22H25N3O3S. The quantitative estimate of drug-likeness (QED) is 0.425. The third-order valence-corrected chi connectivity index (χ3v) is 5.35. The van der Waals surface area contributed by atoms with E-state index in [0.717, 1.165) is 22.6 Å². The number of rotatable bonds is 7. The van der Waals surface area contributed by atoms with Gasteiger partial charge >= 0.3 is 0 Å². The van der Waals surface area contributed by atoms with E-state index in [1.165, 1.54) is 11.1 Å². The second-order valence-electron chi connectivity index (χ2n) is 6.32. The molecule has 3 rings (SSSR count). The van der Waals surface area contributed by atoms with Gasteiger partial charge in [-0.15, -0.1) is 16.4 Å². The topological polar surface area (TPSA) is 57.3 Å². The molecule has 2 aromatic carbocycles. The minimum atomic E-state index is 0.550. The molecule has 0 amide bonds.